The van der Waals surface area contributed by atoms with Crippen molar-refractivity contribution < 1.29 is 33.4 Å². The highest BCUT2D eigenvalue weighted by atomic mass is 35.5. The number of hydrogen-bond donors (Lipinski definition) is 2. The molecule has 1 heterocycles. The van der Waals surface area contributed by atoms with E-state index in [4.69, 9.17) is 16.3 Å². The topological polar surface area (TPSA) is 149 Å². The molecule has 0 aliphatic rings. The number of hydrogen-bond acceptors (Lipinski definition) is 10. The fraction of sp³-hybridized carbons (Fsp3) is 0.250. The molecular formula is C24H24ClFN6O6. The van der Waals surface area contributed by atoms with Crippen LogP contribution in [0.5, 0.6) is 0 Å². The molecule has 0 saturated heterocycles. The average Bonchev–Trinajstić information content (AvgIpc) is 3.34. The number of nitrogens with one attached hydrogen (secondary N) is 1. The third-order valence-electron chi connectivity index (χ3n) is 4.99. The molecular weight excluding hydrogens is 523 g/mol. The maximum absolute atomic E-state index is 14.2. The number of amides is 1. The number of allylic oxidation sites excluding steroid dienone is 1. The van der Waals surface area contributed by atoms with E-state index in [1.807, 2.05) is 0 Å². The van der Waals surface area contributed by atoms with Crippen LogP contribution in [0.2, 0.25) is 5.02 Å². The Bertz CT molecular complexity index is 1300. The van der Waals surface area contributed by atoms with Crippen LogP contribution < -0.4 is 5.43 Å². The molecule has 2 N–H and O–H groups in total. The van der Waals surface area contributed by atoms with Crippen molar-refractivity contribution in [2.45, 2.75) is 26.1 Å². The summed E-state index contributed by atoms with van der Waals surface area (Å²) < 4.78 is 24.7. The summed E-state index contributed by atoms with van der Waals surface area (Å²) in [5.74, 6) is -3.03. The zero-order valence-corrected chi connectivity index (χ0v) is 21.0. The molecule has 0 radical (unpaired) electrons. The molecule has 3 rings (SSSR count). The van der Waals surface area contributed by atoms with Crippen molar-refractivity contribution in [3.05, 3.63) is 77.3 Å². The molecule has 0 fully saturated rings. The van der Waals surface area contributed by atoms with Crippen LogP contribution in [0.25, 0.3) is 11.1 Å². The molecule has 1 aromatic heterocycles. The van der Waals surface area contributed by atoms with Crippen LogP contribution in [0.15, 0.2) is 55.1 Å². The lowest BCUT2D eigenvalue weighted by molar-refractivity contribution is -0.173. The minimum Gasteiger partial charge on any atom is -0.428 e. The highest BCUT2D eigenvalue weighted by molar-refractivity contribution is 6.30. The number of ether oxygens (including phenoxy) is 2. The van der Waals surface area contributed by atoms with Gasteiger partial charge in [0.05, 0.1) is 13.1 Å². The van der Waals surface area contributed by atoms with E-state index >= 15 is 0 Å². The number of aliphatic hydroxyl groups is 1. The van der Waals surface area contributed by atoms with Crippen LogP contribution in [0.4, 0.5) is 4.39 Å². The van der Waals surface area contributed by atoms with Crippen molar-refractivity contribution in [1.82, 2.24) is 30.6 Å². The predicted octanol–water partition coefficient (Wildman–Crippen LogP) is 1.89. The Morgan fingerprint density at radius 3 is 2.66 bits per heavy atom. The van der Waals surface area contributed by atoms with Gasteiger partial charge in [-0.05, 0) is 39.8 Å². The quantitative estimate of drug-likeness (QED) is 0.149. The summed E-state index contributed by atoms with van der Waals surface area (Å²) in [6, 6.07) is 10.9. The molecule has 0 bridgehead atoms. The molecule has 2 aromatic carbocycles. The highest BCUT2D eigenvalue weighted by Gasteiger charge is 2.24. The van der Waals surface area contributed by atoms with Gasteiger partial charge in [-0.25, -0.2) is 18.9 Å². The second kappa shape index (κ2) is 13.4. The van der Waals surface area contributed by atoms with Crippen LogP contribution in [0.3, 0.4) is 0 Å². The van der Waals surface area contributed by atoms with Gasteiger partial charge >= 0.3 is 17.8 Å². The van der Waals surface area contributed by atoms with Gasteiger partial charge in [-0.2, -0.15) is 0 Å². The number of aliphatic hydroxyl groups excluding tert-OH is 1. The first-order valence-corrected chi connectivity index (χ1v) is 11.5. The molecule has 0 unspecified atom stereocenters. The largest absolute Gasteiger partial charge is 0.428 e. The molecule has 0 spiro atoms. The zero-order chi connectivity index (χ0) is 27.7. The van der Waals surface area contributed by atoms with Gasteiger partial charge in [-0.3, -0.25) is 15.0 Å². The van der Waals surface area contributed by atoms with Crippen molar-refractivity contribution in [2.75, 3.05) is 13.3 Å². The summed E-state index contributed by atoms with van der Waals surface area (Å²) in [5.41, 5.74) is 4.08. The van der Waals surface area contributed by atoms with Gasteiger partial charge in [0.25, 0.3) is 0 Å². The smallest absolute Gasteiger partial charge is 0.339 e. The number of carbonyl (C=O) groups excluding carboxylic acids is 3. The number of hydrazine groups is 1. The van der Waals surface area contributed by atoms with E-state index in [2.05, 4.69) is 32.3 Å². The van der Waals surface area contributed by atoms with Gasteiger partial charge < -0.3 is 14.6 Å². The van der Waals surface area contributed by atoms with E-state index < -0.39 is 43.1 Å². The number of esters is 2. The Morgan fingerprint density at radius 2 is 1.97 bits per heavy atom. The lowest BCUT2D eigenvalue weighted by atomic mass is 10.0. The Balaban J connectivity index is 1.77. The first-order valence-electron chi connectivity index (χ1n) is 11.1. The van der Waals surface area contributed by atoms with E-state index in [1.54, 1.807) is 24.3 Å². The van der Waals surface area contributed by atoms with Crippen LogP contribution in [-0.4, -0.2) is 67.6 Å². The molecule has 14 heteroatoms. The minimum absolute atomic E-state index is 0.0152. The van der Waals surface area contributed by atoms with Crippen molar-refractivity contribution in [1.29, 1.82) is 0 Å². The molecule has 1 atom stereocenters. The zero-order valence-electron chi connectivity index (χ0n) is 20.2. The van der Waals surface area contributed by atoms with Crippen LogP contribution in [0, 0.1) is 5.82 Å². The summed E-state index contributed by atoms with van der Waals surface area (Å²) >= 11 is 5.99. The van der Waals surface area contributed by atoms with Gasteiger partial charge in [-0.15, -0.1) is 11.7 Å². The maximum atomic E-state index is 14.2. The van der Waals surface area contributed by atoms with Gasteiger partial charge in [0, 0.05) is 24.1 Å². The van der Waals surface area contributed by atoms with E-state index in [0.29, 0.717) is 21.7 Å². The Hall–Kier alpha value is -4.20. The Labute approximate surface area is 221 Å². The lowest BCUT2D eigenvalue weighted by Crippen LogP contribution is -2.48. The molecule has 0 aliphatic carbocycles. The first kappa shape index (κ1) is 28.4. The number of aromatic nitrogens is 4. The van der Waals surface area contributed by atoms with Crippen molar-refractivity contribution in [2.24, 2.45) is 0 Å². The third kappa shape index (κ3) is 7.90. The van der Waals surface area contributed by atoms with E-state index in [-0.39, 0.29) is 18.9 Å². The number of halogens is 2. The first-order chi connectivity index (χ1) is 18.2. The third-order valence-corrected chi connectivity index (χ3v) is 5.23. The summed E-state index contributed by atoms with van der Waals surface area (Å²) in [4.78, 5) is 35.8. The van der Waals surface area contributed by atoms with E-state index in [9.17, 15) is 23.9 Å². The number of tetrazole rings is 1. The summed E-state index contributed by atoms with van der Waals surface area (Å²) in [5, 5.41) is 22.8. The Kier molecular flexibility index (Phi) is 9.99. The monoisotopic (exact) mass is 546 g/mol. The summed E-state index contributed by atoms with van der Waals surface area (Å²) in [6.07, 6.45) is -0.215. The molecule has 1 amide bonds. The SMILES string of the molecule is C=CCn1nnnc1C(=O)NN(Cc1ccc(-c2cc(Cl)ccc2F)cc1)C[C@@H](O)C(=O)OCOC(C)=O. The fourth-order valence-corrected chi connectivity index (χ4v) is 3.41. The predicted molar refractivity (Wildman–Crippen MR) is 131 cm³/mol. The van der Waals surface area contributed by atoms with Crippen molar-refractivity contribution >= 4 is 29.4 Å². The molecule has 200 valence electrons. The normalized spacial score (nSPS) is 11.6. The maximum Gasteiger partial charge on any atom is 0.339 e. The molecule has 0 aliphatic heterocycles. The van der Waals surface area contributed by atoms with E-state index in [1.165, 1.54) is 34.0 Å². The molecule has 3 aromatic rings. The van der Waals surface area contributed by atoms with Gasteiger partial charge in [0.15, 0.2) is 6.10 Å². The van der Waals surface area contributed by atoms with E-state index in [0.717, 1.165) is 6.92 Å². The fourth-order valence-electron chi connectivity index (χ4n) is 3.23. The van der Waals surface area contributed by atoms with Crippen LogP contribution in [-0.2, 0) is 32.2 Å². The Morgan fingerprint density at radius 1 is 1.24 bits per heavy atom. The van der Waals surface area contributed by atoms with Crippen molar-refractivity contribution in [3.8, 4) is 11.1 Å². The van der Waals surface area contributed by atoms with Crippen molar-refractivity contribution in [3.63, 3.8) is 0 Å². The average molecular weight is 547 g/mol. The second-order valence-electron chi connectivity index (χ2n) is 7.85. The lowest BCUT2D eigenvalue weighted by Gasteiger charge is -2.25. The van der Waals surface area contributed by atoms with Gasteiger partial charge in [0.2, 0.25) is 12.6 Å². The standard InChI is InChI=1S/C24H24ClFN6O6/c1-3-10-32-22(27-29-30-32)23(35)28-31(13-21(34)24(36)38-14-37-15(2)33)12-16-4-6-17(7-5-16)19-11-18(25)8-9-20(19)26/h3-9,11,21,34H,1,10,12-14H2,2H3,(H,28,35)/t21-/m1/s1. The number of benzene rings is 2. The van der Waals surface area contributed by atoms with Crippen LogP contribution >= 0.6 is 11.6 Å². The molecule has 38 heavy (non-hydrogen) atoms. The number of carbonyl (C=O) groups is 3. The van der Waals surface area contributed by atoms with Crippen LogP contribution in [0.1, 0.15) is 23.1 Å². The second-order valence-corrected chi connectivity index (χ2v) is 8.29. The highest BCUT2D eigenvalue weighted by Crippen LogP contribution is 2.26. The summed E-state index contributed by atoms with van der Waals surface area (Å²) in [6.45, 7) is 3.82. The number of rotatable bonds is 12. The van der Waals surface area contributed by atoms with Gasteiger partial charge in [0.1, 0.15) is 5.82 Å². The minimum atomic E-state index is -1.71. The van der Waals surface area contributed by atoms with Gasteiger partial charge in [-0.1, -0.05) is 41.9 Å². The molecule has 0 saturated carbocycles. The molecule has 12 nitrogen and oxygen atoms in total. The number of nitrogens with zero attached hydrogens (tertiary/aromatic N) is 5. The summed E-state index contributed by atoms with van der Waals surface area (Å²) in [7, 11) is 0.